The Kier molecular flexibility index (Phi) is 3.63. The molecule has 5 nitrogen and oxygen atoms in total. The van der Waals surface area contributed by atoms with Crippen LogP contribution in [0.2, 0.25) is 0 Å². The second-order valence-corrected chi connectivity index (χ2v) is 4.24. The van der Waals surface area contributed by atoms with Crippen molar-refractivity contribution < 1.29 is 0 Å². The van der Waals surface area contributed by atoms with Crippen LogP contribution in [-0.4, -0.2) is 20.2 Å². The van der Waals surface area contributed by atoms with Gasteiger partial charge in [-0.25, -0.2) is 0 Å². The molecule has 0 amide bonds. The summed E-state index contributed by atoms with van der Waals surface area (Å²) in [6.07, 6.45) is 0. The number of nitrogens with zero attached hydrogens (tertiary/aromatic N) is 4. The number of hydrogen-bond acceptors (Lipinski definition) is 4. The Labute approximate surface area is 102 Å². The molecule has 0 aliphatic rings. The highest BCUT2D eigenvalue weighted by atomic mass is 79.9. The standard InChI is InChI=1S/C10H12BrN5/c1-16-14-10(13-15-16)7-12-6-8-4-2-3-5-9(8)11/h2-5,12H,6-7H2,1H3. The summed E-state index contributed by atoms with van der Waals surface area (Å²) in [5, 5.41) is 15.0. The van der Waals surface area contributed by atoms with Crippen LogP contribution >= 0.6 is 15.9 Å². The molecule has 1 N–H and O–H groups in total. The van der Waals surface area contributed by atoms with Crippen molar-refractivity contribution >= 4 is 15.9 Å². The molecule has 1 aromatic heterocycles. The Balaban J connectivity index is 1.87. The number of tetrazole rings is 1. The maximum Gasteiger partial charge on any atom is 0.188 e. The zero-order chi connectivity index (χ0) is 11.4. The molecule has 0 aliphatic heterocycles. The van der Waals surface area contributed by atoms with Gasteiger partial charge in [-0.1, -0.05) is 34.1 Å². The Morgan fingerprint density at radius 3 is 2.81 bits per heavy atom. The number of benzene rings is 1. The quantitative estimate of drug-likeness (QED) is 0.917. The molecule has 1 aromatic carbocycles. The molecule has 6 heteroatoms. The Hall–Kier alpha value is -1.27. The van der Waals surface area contributed by atoms with Gasteiger partial charge in [-0.2, -0.15) is 4.80 Å². The third kappa shape index (κ3) is 2.86. The van der Waals surface area contributed by atoms with Gasteiger partial charge < -0.3 is 5.32 Å². The number of aryl methyl sites for hydroxylation is 1. The molecule has 0 fully saturated rings. The van der Waals surface area contributed by atoms with Gasteiger partial charge in [-0.3, -0.25) is 0 Å². The van der Waals surface area contributed by atoms with Gasteiger partial charge >= 0.3 is 0 Å². The van der Waals surface area contributed by atoms with E-state index in [-0.39, 0.29) is 0 Å². The largest absolute Gasteiger partial charge is 0.306 e. The van der Waals surface area contributed by atoms with Crippen molar-refractivity contribution in [3.05, 3.63) is 40.1 Å². The highest BCUT2D eigenvalue weighted by molar-refractivity contribution is 9.10. The molecular weight excluding hydrogens is 270 g/mol. The van der Waals surface area contributed by atoms with E-state index in [1.807, 2.05) is 18.2 Å². The number of nitrogens with one attached hydrogen (secondary N) is 1. The van der Waals surface area contributed by atoms with Crippen LogP contribution in [0.5, 0.6) is 0 Å². The van der Waals surface area contributed by atoms with E-state index in [9.17, 15) is 0 Å². The normalized spacial score (nSPS) is 10.6. The number of rotatable bonds is 4. The van der Waals surface area contributed by atoms with Gasteiger partial charge in [0.1, 0.15) is 0 Å². The summed E-state index contributed by atoms with van der Waals surface area (Å²) in [5.74, 6) is 0.703. The minimum Gasteiger partial charge on any atom is -0.306 e. The van der Waals surface area contributed by atoms with Crippen molar-refractivity contribution in [1.29, 1.82) is 0 Å². The van der Waals surface area contributed by atoms with Gasteiger partial charge in [0.05, 0.1) is 13.6 Å². The highest BCUT2D eigenvalue weighted by Crippen LogP contribution is 2.15. The highest BCUT2D eigenvalue weighted by Gasteiger charge is 2.01. The van der Waals surface area contributed by atoms with E-state index >= 15 is 0 Å². The van der Waals surface area contributed by atoms with Crippen molar-refractivity contribution in [1.82, 2.24) is 25.5 Å². The molecule has 0 saturated heterocycles. The lowest BCUT2D eigenvalue weighted by molar-refractivity contribution is 0.619. The lowest BCUT2D eigenvalue weighted by atomic mass is 10.2. The molecule has 0 saturated carbocycles. The molecule has 1 heterocycles. The van der Waals surface area contributed by atoms with Crippen LogP contribution in [0, 0.1) is 0 Å². The third-order valence-corrected chi connectivity index (χ3v) is 2.88. The van der Waals surface area contributed by atoms with Crippen LogP contribution in [0.15, 0.2) is 28.7 Å². The van der Waals surface area contributed by atoms with Gasteiger partial charge in [0.2, 0.25) is 0 Å². The topological polar surface area (TPSA) is 55.6 Å². The van der Waals surface area contributed by atoms with Gasteiger partial charge in [0.15, 0.2) is 5.82 Å². The van der Waals surface area contributed by atoms with Crippen LogP contribution in [0.4, 0.5) is 0 Å². The molecule has 0 radical (unpaired) electrons. The van der Waals surface area contributed by atoms with Crippen LogP contribution in [0.3, 0.4) is 0 Å². The lowest BCUT2D eigenvalue weighted by Crippen LogP contribution is -2.14. The van der Waals surface area contributed by atoms with Crippen molar-refractivity contribution in [2.24, 2.45) is 7.05 Å². The van der Waals surface area contributed by atoms with Gasteiger partial charge in [0.25, 0.3) is 0 Å². The van der Waals surface area contributed by atoms with Crippen molar-refractivity contribution in [3.8, 4) is 0 Å². The van der Waals surface area contributed by atoms with Gasteiger partial charge in [-0.05, 0) is 16.8 Å². The first-order valence-electron chi connectivity index (χ1n) is 4.92. The first-order chi connectivity index (χ1) is 7.75. The Bertz CT molecular complexity index is 468. The molecule has 16 heavy (non-hydrogen) atoms. The fraction of sp³-hybridized carbons (Fsp3) is 0.300. The molecule has 0 bridgehead atoms. The van der Waals surface area contributed by atoms with Crippen LogP contribution < -0.4 is 5.32 Å². The second kappa shape index (κ2) is 5.18. The average Bonchev–Trinajstić information content (AvgIpc) is 2.67. The van der Waals surface area contributed by atoms with E-state index in [0.29, 0.717) is 12.4 Å². The second-order valence-electron chi connectivity index (χ2n) is 3.39. The van der Waals surface area contributed by atoms with E-state index in [4.69, 9.17) is 0 Å². The van der Waals surface area contributed by atoms with E-state index in [1.54, 1.807) is 7.05 Å². The molecule has 2 aromatic rings. The number of hydrogen-bond donors (Lipinski definition) is 1. The monoisotopic (exact) mass is 281 g/mol. The summed E-state index contributed by atoms with van der Waals surface area (Å²) in [4.78, 5) is 1.45. The molecule has 0 atom stereocenters. The first kappa shape index (κ1) is 11.2. The summed E-state index contributed by atoms with van der Waals surface area (Å²) in [6, 6.07) is 8.11. The maximum absolute atomic E-state index is 4.08. The summed E-state index contributed by atoms with van der Waals surface area (Å²) < 4.78 is 1.11. The van der Waals surface area contributed by atoms with Crippen LogP contribution in [0.25, 0.3) is 0 Å². The van der Waals surface area contributed by atoms with Crippen molar-refractivity contribution in [3.63, 3.8) is 0 Å². The zero-order valence-electron chi connectivity index (χ0n) is 8.89. The number of aromatic nitrogens is 4. The van der Waals surface area contributed by atoms with Crippen molar-refractivity contribution in [2.75, 3.05) is 0 Å². The summed E-state index contributed by atoms with van der Waals surface area (Å²) >= 11 is 3.50. The lowest BCUT2D eigenvalue weighted by Gasteiger charge is -2.04. The molecule has 84 valence electrons. The maximum atomic E-state index is 4.08. The van der Waals surface area contributed by atoms with E-state index in [2.05, 4.69) is 42.7 Å². The minimum absolute atomic E-state index is 0.620. The Morgan fingerprint density at radius 2 is 2.12 bits per heavy atom. The fourth-order valence-electron chi connectivity index (χ4n) is 1.34. The minimum atomic E-state index is 0.620. The predicted molar refractivity (Wildman–Crippen MR) is 63.5 cm³/mol. The van der Waals surface area contributed by atoms with Gasteiger partial charge in [-0.15, -0.1) is 10.2 Å². The third-order valence-electron chi connectivity index (χ3n) is 2.11. The first-order valence-corrected chi connectivity index (χ1v) is 5.72. The van der Waals surface area contributed by atoms with Crippen molar-refractivity contribution in [2.45, 2.75) is 13.1 Å². The molecule has 0 spiro atoms. The van der Waals surface area contributed by atoms with E-state index in [0.717, 1.165) is 11.0 Å². The molecular formula is C10H12BrN5. The smallest absolute Gasteiger partial charge is 0.188 e. The predicted octanol–water partition coefficient (Wildman–Crippen LogP) is 1.26. The molecule has 2 rings (SSSR count). The van der Waals surface area contributed by atoms with Crippen LogP contribution in [0.1, 0.15) is 11.4 Å². The van der Waals surface area contributed by atoms with E-state index in [1.165, 1.54) is 10.4 Å². The zero-order valence-corrected chi connectivity index (χ0v) is 10.5. The Morgan fingerprint density at radius 1 is 1.31 bits per heavy atom. The summed E-state index contributed by atoms with van der Waals surface area (Å²) in [6.45, 7) is 1.40. The summed E-state index contributed by atoms with van der Waals surface area (Å²) in [7, 11) is 1.75. The molecule has 0 unspecified atom stereocenters. The number of halogens is 1. The SMILES string of the molecule is Cn1nnc(CNCc2ccccc2Br)n1. The van der Waals surface area contributed by atoms with Crippen LogP contribution in [-0.2, 0) is 20.1 Å². The fourth-order valence-corrected chi connectivity index (χ4v) is 1.77. The molecule has 0 aliphatic carbocycles. The summed E-state index contributed by atoms with van der Waals surface area (Å²) in [5.41, 5.74) is 1.21. The average molecular weight is 282 g/mol. The van der Waals surface area contributed by atoms with Gasteiger partial charge in [0, 0.05) is 11.0 Å². The van der Waals surface area contributed by atoms with E-state index < -0.39 is 0 Å².